The van der Waals surface area contributed by atoms with E-state index in [0.717, 1.165) is 12.8 Å². The fraction of sp³-hybridized carbons (Fsp3) is 0.833. The monoisotopic (exact) mass is 227 g/mol. The van der Waals surface area contributed by atoms with E-state index in [4.69, 9.17) is 0 Å². The molecular weight excluding hydrogens is 206 g/mol. The summed E-state index contributed by atoms with van der Waals surface area (Å²) in [4.78, 5) is 22.6. The van der Waals surface area contributed by atoms with Crippen molar-refractivity contribution in [1.29, 1.82) is 0 Å². The minimum atomic E-state index is -1.07. The zero-order valence-corrected chi connectivity index (χ0v) is 10.5. The van der Waals surface area contributed by atoms with Gasteiger partial charge < -0.3 is 10.4 Å². The van der Waals surface area contributed by atoms with Gasteiger partial charge in [-0.1, -0.05) is 20.8 Å². The van der Waals surface area contributed by atoms with Crippen molar-refractivity contribution in [2.75, 3.05) is 0 Å². The molecule has 1 rings (SSSR count). The molecule has 2 N–H and O–H groups in total. The van der Waals surface area contributed by atoms with Crippen LogP contribution in [0.3, 0.4) is 0 Å². The smallest absolute Gasteiger partial charge is 0.329 e. The minimum absolute atomic E-state index is 0.0438. The molecule has 0 aromatic carbocycles. The Morgan fingerprint density at radius 1 is 1.31 bits per heavy atom. The average Bonchev–Trinajstić information content (AvgIpc) is 2.08. The van der Waals surface area contributed by atoms with Crippen molar-refractivity contribution >= 4 is 11.9 Å². The Morgan fingerprint density at radius 3 is 2.25 bits per heavy atom. The number of amides is 1. The number of aliphatic carboxylic acids is 1. The first kappa shape index (κ1) is 13.0. The molecule has 0 aromatic rings. The molecule has 0 spiro atoms. The van der Waals surface area contributed by atoms with E-state index in [2.05, 4.69) is 19.2 Å². The molecule has 92 valence electrons. The molecule has 1 aliphatic rings. The lowest BCUT2D eigenvalue weighted by Gasteiger charge is -2.45. The predicted molar refractivity (Wildman–Crippen MR) is 61.0 cm³/mol. The second-order valence-corrected chi connectivity index (χ2v) is 5.73. The van der Waals surface area contributed by atoms with Crippen LogP contribution >= 0.6 is 0 Å². The number of hydrogen-bond donors (Lipinski definition) is 2. The maximum Gasteiger partial charge on any atom is 0.329 e. The molecule has 1 amide bonds. The molecule has 0 aliphatic heterocycles. The number of carbonyl (C=O) groups excluding carboxylic acids is 1. The zero-order valence-electron chi connectivity index (χ0n) is 10.5. The standard InChI is InChI=1S/C12H21NO3/c1-8-7-11(3,4)5-6-12(8,10(15)16)13-9(2)14/h8H,5-7H2,1-4H3,(H,13,14)(H,15,16). The third-order valence-electron chi connectivity index (χ3n) is 3.68. The van der Waals surface area contributed by atoms with Crippen molar-refractivity contribution in [3.05, 3.63) is 0 Å². The average molecular weight is 227 g/mol. The SMILES string of the molecule is CC(=O)NC1(C(=O)O)CCC(C)(C)CC1C. The summed E-state index contributed by atoms with van der Waals surface area (Å²) in [7, 11) is 0. The van der Waals surface area contributed by atoms with E-state index in [1.165, 1.54) is 6.92 Å². The van der Waals surface area contributed by atoms with Crippen LogP contribution in [0.2, 0.25) is 0 Å². The van der Waals surface area contributed by atoms with Crippen molar-refractivity contribution in [3.63, 3.8) is 0 Å². The van der Waals surface area contributed by atoms with Crippen LogP contribution in [-0.4, -0.2) is 22.5 Å². The Morgan fingerprint density at radius 2 is 1.88 bits per heavy atom. The van der Waals surface area contributed by atoms with Gasteiger partial charge in [0.2, 0.25) is 5.91 Å². The highest BCUT2D eigenvalue weighted by Gasteiger charge is 2.49. The molecule has 1 fully saturated rings. The van der Waals surface area contributed by atoms with Crippen LogP contribution in [0.5, 0.6) is 0 Å². The first-order valence-corrected chi connectivity index (χ1v) is 5.72. The topological polar surface area (TPSA) is 66.4 Å². The Balaban J connectivity index is 2.95. The summed E-state index contributed by atoms with van der Waals surface area (Å²) in [6, 6.07) is 0. The van der Waals surface area contributed by atoms with E-state index in [0.29, 0.717) is 6.42 Å². The molecule has 0 saturated heterocycles. The zero-order chi connectivity index (χ0) is 12.6. The summed E-state index contributed by atoms with van der Waals surface area (Å²) < 4.78 is 0. The number of hydrogen-bond acceptors (Lipinski definition) is 2. The van der Waals surface area contributed by atoms with Crippen LogP contribution in [-0.2, 0) is 9.59 Å². The first-order valence-electron chi connectivity index (χ1n) is 5.72. The first-order chi connectivity index (χ1) is 7.19. The third-order valence-corrected chi connectivity index (χ3v) is 3.68. The van der Waals surface area contributed by atoms with Crippen LogP contribution in [0.15, 0.2) is 0 Å². The largest absolute Gasteiger partial charge is 0.479 e. The summed E-state index contributed by atoms with van der Waals surface area (Å²) in [5.41, 5.74) is -0.905. The quantitative estimate of drug-likeness (QED) is 0.755. The highest BCUT2D eigenvalue weighted by Crippen LogP contribution is 2.44. The fourth-order valence-corrected chi connectivity index (χ4v) is 2.76. The van der Waals surface area contributed by atoms with Crippen molar-refractivity contribution in [2.24, 2.45) is 11.3 Å². The maximum absolute atomic E-state index is 11.4. The molecule has 2 atom stereocenters. The van der Waals surface area contributed by atoms with Crippen molar-refractivity contribution < 1.29 is 14.7 Å². The van der Waals surface area contributed by atoms with E-state index < -0.39 is 11.5 Å². The third kappa shape index (κ3) is 2.36. The fourth-order valence-electron chi connectivity index (χ4n) is 2.76. The van der Waals surface area contributed by atoms with E-state index in [1.807, 2.05) is 6.92 Å². The van der Waals surface area contributed by atoms with Gasteiger partial charge in [0, 0.05) is 6.92 Å². The summed E-state index contributed by atoms with van der Waals surface area (Å²) in [6.45, 7) is 7.56. The van der Waals surface area contributed by atoms with E-state index in [1.54, 1.807) is 0 Å². The lowest BCUT2D eigenvalue weighted by Crippen LogP contribution is -2.61. The number of rotatable bonds is 2. The van der Waals surface area contributed by atoms with Crippen LogP contribution in [0.25, 0.3) is 0 Å². The van der Waals surface area contributed by atoms with Crippen molar-refractivity contribution in [2.45, 2.75) is 52.5 Å². The van der Waals surface area contributed by atoms with Gasteiger partial charge in [-0.15, -0.1) is 0 Å². The van der Waals surface area contributed by atoms with Gasteiger partial charge in [-0.3, -0.25) is 4.79 Å². The predicted octanol–water partition coefficient (Wildman–Crippen LogP) is 1.79. The van der Waals surface area contributed by atoms with Gasteiger partial charge in [-0.05, 0) is 30.6 Å². The minimum Gasteiger partial charge on any atom is -0.479 e. The van der Waals surface area contributed by atoms with Crippen LogP contribution in [0.1, 0.15) is 47.0 Å². The summed E-state index contributed by atoms with van der Waals surface area (Å²) in [5, 5.41) is 12.0. The second kappa shape index (κ2) is 4.07. The van der Waals surface area contributed by atoms with Crippen molar-refractivity contribution in [1.82, 2.24) is 5.32 Å². The van der Waals surface area contributed by atoms with Gasteiger partial charge in [0.25, 0.3) is 0 Å². The molecule has 1 saturated carbocycles. The van der Waals surface area contributed by atoms with Crippen molar-refractivity contribution in [3.8, 4) is 0 Å². The van der Waals surface area contributed by atoms with Gasteiger partial charge >= 0.3 is 5.97 Å². The molecule has 2 unspecified atom stereocenters. The Kier molecular flexibility index (Phi) is 3.31. The highest BCUT2D eigenvalue weighted by atomic mass is 16.4. The Hall–Kier alpha value is -1.06. The summed E-state index contributed by atoms with van der Waals surface area (Å²) in [6.07, 6.45) is 2.15. The molecule has 1 aliphatic carbocycles. The maximum atomic E-state index is 11.4. The summed E-state index contributed by atoms with van der Waals surface area (Å²) >= 11 is 0. The molecule has 0 radical (unpaired) electrons. The molecular formula is C12H21NO3. The lowest BCUT2D eigenvalue weighted by atomic mass is 9.64. The van der Waals surface area contributed by atoms with Gasteiger partial charge in [0.1, 0.15) is 5.54 Å². The highest BCUT2D eigenvalue weighted by molar-refractivity contribution is 5.86. The Labute approximate surface area is 96.4 Å². The molecule has 4 heteroatoms. The van der Waals surface area contributed by atoms with E-state index in [-0.39, 0.29) is 17.2 Å². The molecule has 0 heterocycles. The van der Waals surface area contributed by atoms with E-state index in [9.17, 15) is 14.7 Å². The number of carboxylic acid groups (broad SMARTS) is 1. The number of nitrogens with one attached hydrogen (secondary N) is 1. The molecule has 4 nitrogen and oxygen atoms in total. The van der Waals surface area contributed by atoms with Crippen LogP contribution < -0.4 is 5.32 Å². The van der Waals surface area contributed by atoms with E-state index >= 15 is 0 Å². The number of carbonyl (C=O) groups is 2. The normalized spacial score (nSPS) is 33.1. The van der Waals surface area contributed by atoms with Crippen LogP contribution in [0, 0.1) is 11.3 Å². The molecule has 0 aromatic heterocycles. The van der Waals surface area contributed by atoms with Gasteiger partial charge in [0.05, 0.1) is 0 Å². The Bertz CT molecular complexity index is 311. The van der Waals surface area contributed by atoms with Gasteiger partial charge in [-0.25, -0.2) is 4.79 Å². The lowest BCUT2D eigenvalue weighted by molar-refractivity contribution is -0.153. The second-order valence-electron chi connectivity index (χ2n) is 5.73. The van der Waals surface area contributed by atoms with Gasteiger partial charge in [-0.2, -0.15) is 0 Å². The van der Waals surface area contributed by atoms with Gasteiger partial charge in [0.15, 0.2) is 0 Å². The summed E-state index contributed by atoms with van der Waals surface area (Å²) in [5.74, 6) is -1.22. The van der Waals surface area contributed by atoms with Crippen LogP contribution in [0.4, 0.5) is 0 Å². The molecule has 0 bridgehead atoms. The number of carboxylic acids is 1. The molecule has 16 heavy (non-hydrogen) atoms.